The van der Waals surface area contributed by atoms with E-state index in [1.165, 1.54) is 5.56 Å². The largest absolute Gasteiger partial charge is 0.371 e. The summed E-state index contributed by atoms with van der Waals surface area (Å²) in [5.74, 6) is 0. The first-order valence-electron chi connectivity index (χ1n) is 4.45. The first-order chi connectivity index (χ1) is 6.40. The van der Waals surface area contributed by atoms with Gasteiger partial charge in [0, 0.05) is 6.04 Å². The fourth-order valence-electron chi connectivity index (χ4n) is 1.42. The molecule has 3 heteroatoms. The van der Waals surface area contributed by atoms with E-state index in [0.29, 0.717) is 12.1 Å². The standard InChI is InChI=1S/C10H13NOS/c13-11-9(10-7-12-10)6-8-4-2-1-3-5-8/h1-5,9-11,13H,6-7H2/t9?,10-/m1/s1. The van der Waals surface area contributed by atoms with Crippen molar-refractivity contribution in [2.45, 2.75) is 18.6 Å². The maximum absolute atomic E-state index is 5.22. The topological polar surface area (TPSA) is 24.6 Å². The molecule has 0 aromatic heterocycles. The number of thiol groups is 1. The predicted molar refractivity (Wildman–Crippen MR) is 55.8 cm³/mol. The van der Waals surface area contributed by atoms with E-state index in [4.69, 9.17) is 4.74 Å². The van der Waals surface area contributed by atoms with Gasteiger partial charge in [0.05, 0.1) is 12.7 Å². The highest BCUT2D eigenvalue weighted by Gasteiger charge is 2.31. The molecule has 0 aliphatic carbocycles. The smallest absolute Gasteiger partial charge is 0.0974 e. The summed E-state index contributed by atoms with van der Waals surface area (Å²) in [7, 11) is 0. The lowest BCUT2D eigenvalue weighted by Gasteiger charge is -2.11. The van der Waals surface area contributed by atoms with Gasteiger partial charge in [0.2, 0.25) is 0 Å². The Hall–Kier alpha value is -0.510. The van der Waals surface area contributed by atoms with Crippen LogP contribution in [0.15, 0.2) is 30.3 Å². The van der Waals surface area contributed by atoms with Gasteiger partial charge >= 0.3 is 0 Å². The molecule has 13 heavy (non-hydrogen) atoms. The van der Waals surface area contributed by atoms with Crippen molar-refractivity contribution in [1.29, 1.82) is 0 Å². The lowest BCUT2D eigenvalue weighted by Crippen LogP contribution is -2.29. The third-order valence-electron chi connectivity index (χ3n) is 2.27. The first kappa shape index (κ1) is 9.06. The molecule has 0 saturated carbocycles. The molecule has 0 amide bonds. The number of rotatable bonds is 4. The normalized spacial score (nSPS) is 22.7. The average Bonchev–Trinajstić information content (AvgIpc) is 2.99. The minimum absolute atomic E-state index is 0.339. The Balaban J connectivity index is 1.95. The van der Waals surface area contributed by atoms with E-state index in [1.54, 1.807) is 0 Å². The summed E-state index contributed by atoms with van der Waals surface area (Å²) in [5.41, 5.74) is 1.32. The molecule has 1 aromatic rings. The lowest BCUT2D eigenvalue weighted by molar-refractivity contribution is 0.364. The number of nitrogens with one attached hydrogen (secondary N) is 1. The van der Waals surface area contributed by atoms with Gasteiger partial charge in [-0.15, -0.1) is 0 Å². The van der Waals surface area contributed by atoms with Crippen molar-refractivity contribution in [2.75, 3.05) is 6.61 Å². The third-order valence-corrected chi connectivity index (χ3v) is 2.60. The van der Waals surface area contributed by atoms with Crippen LogP contribution in [0.5, 0.6) is 0 Å². The van der Waals surface area contributed by atoms with Crippen molar-refractivity contribution in [3.8, 4) is 0 Å². The maximum Gasteiger partial charge on any atom is 0.0974 e. The van der Waals surface area contributed by atoms with E-state index < -0.39 is 0 Å². The Morgan fingerprint density at radius 2 is 2.15 bits per heavy atom. The molecule has 2 nitrogen and oxygen atoms in total. The Morgan fingerprint density at radius 3 is 2.69 bits per heavy atom. The SMILES string of the molecule is SNC(Cc1ccccc1)[C@H]1CO1. The predicted octanol–water partition coefficient (Wildman–Crippen LogP) is 1.43. The van der Waals surface area contributed by atoms with Crippen LogP contribution in [0.25, 0.3) is 0 Å². The highest BCUT2D eigenvalue weighted by Crippen LogP contribution is 2.18. The van der Waals surface area contributed by atoms with Gasteiger partial charge in [-0.05, 0) is 12.0 Å². The summed E-state index contributed by atoms with van der Waals surface area (Å²) < 4.78 is 8.20. The van der Waals surface area contributed by atoms with Crippen molar-refractivity contribution >= 4 is 12.8 Å². The van der Waals surface area contributed by atoms with Crippen molar-refractivity contribution in [3.63, 3.8) is 0 Å². The van der Waals surface area contributed by atoms with Crippen molar-refractivity contribution in [3.05, 3.63) is 35.9 Å². The average molecular weight is 195 g/mol. The Kier molecular flexibility index (Phi) is 2.88. The second kappa shape index (κ2) is 4.13. The van der Waals surface area contributed by atoms with Crippen LogP contribution in [0.2, 0.25) is 0 Å². The molecule has 70 valence electrons. The van der Waals surface area contributed by atoms with Crippen LogP contribution in [0.4, 0.5) is 0 Å². The summed E-state index contributed by atoms with van der Waals surface area (Å²) in [4.78, 5) is 0. The highest BCUT2D eigenvalue weighted by atomic mass is 32.1. The molecule has 1 N–H and O–H groups in total. The molecule has 0 bridgehead atoms. The van der Waals surface area contributed by atoms with E-state index in [0.717, 1.165) is 13.0 Å². The van der Waals surface area contributed by atoms with Gasteiger partial charge in [-0.1, -0.05) is 43.1 Å². The Bertz CT molecular complexity index is 261. The number of benzene rings is 1. The molecule has 1 heterocycles. The molecule has 1 aliphatic heterocycles. The summed E-state index contributed by atoms with van der Waals surface area (Å²) in [5, 5.41) is 0. The number of ether oxygens (including phenoxy) is 1. The molecule has 1 fully saturated rings. The van der Waals surface area contributed by atoms with Crippen LogP contribution >= 0.6 is 12.8 Å². The first-order valence-corrected chi connectivity index (χ1v) is 4.90. The van der Waals surface area contributed by atoms with E-state index in [2.05, 4.69) is 41.8 Å². The van der Waals surface area contributed by atoms with Crippen molar-refractivity contribution < 1.29 is 4.74 Å². The fourth-order valence-corrected chi connectivity index (χ4v) is 1.67. The van der Waals surface area contributed by atoms with Crippen molar-refractivity contribution in [1.82, 2.24) is 4.72 Å². The van der Waals surface area contributed by atoms with E-state index in [9.17, 15) is 0 Å². The summed E-state index contributed by atoms with van der Waals surface area (Å²) in [6, 6.07) is 10.7. The number of hydrogen-bond donors (Lipinski definition) is 2. The van der Waals surface area contributed by atoms with E-state index >= 15 is 0 Å². The third kappa shape index (κ3) is 2.46. The molecule has 2 atom stereocenters. The quantitative estimate of drug-likeness (QED) is 0.561. The van der Waals surface area contributed by atoms with Gasteiger partial charge in [-0.2, -0.15) is 0 Å². The van der Waals surface area contributed by atoms with E-state index in [1.807, 2.05) is 6.07 Å². The minimum atomic E-state index is 0.339. The van der Waals surface area contributed by atoms with Crippen LogP contribution in [-0.2, 0) is 11.2 Å². The molecule has 1 unspecified atom stereocenters. The second-order valence-corrected chi connectivity index (χ2v) is 3.56. The number of epoxide rings is 1. The van der Waals surface area contributed by atoms with Gasteiger partial charge in [0.15, 0.2) is 0 Å². The fraction of sp³-hybridized carbons (Fsp3) is 0.400. The van der Waals surface area contributed by atoms with Crippen LogP contribution in [0.1, 0.15) is 5.56 Å². The molecule has 0 spiro atoms. The van der Waals surface area contributed by atoms with Crippen LogP contribution in [0.3, 0.4) is 0 Å². The molecule has 1 aliphatic rings. The highest BCUT2D eigenvalue weighted by molar-refractivity contribution is 7.78. The summed E-state index contributed by atoms with van der Waals surface area (Å²) in [6.45, 7) is 0.866. The Labute approximate surface area is 83.8 Å². The molecule has 0 radical (unpaired) electrons. The molecular weight excluding hydrogens is 182 g/mol. The Morgan fingerprint density at radius 1 is 1.46 bits per heavy atom. The zero-order valence-corrected chi connectivity index (χ0v) is 8.21. The lowest BCUT2D eigenvalue weighted by atomic mass is 10.0. The van der Waals surface area contributed by atoms with Crippen molar-refractivity contribution in [2.24, 2.45) is 0 Å². The van der Waals surface area contributed by atoms with Crippen LogP contribution in [0, 0.1) is 0 Å². The van der Waals surface area contributed by atoms with Gasteiger partial charge in [0.25, 0.3) is 0 Å². The maximum atomic E-state index is 5.22. The minimum Gasteiger partial charge on any atom is -0.371 e. The van der Waals surface area contributed by atoms with Gasteiger partial charge in [-0.25, -0.2) is 0 Å². The summed E-state index contributed by atoms with van der Waals surface area (Å²) >= 11 is 4.10. The zero-order valence-electron chi connectivity index (χ0n) is 7.31. The second-order valence-electron chi connectivity index (χ2n) is 3.30. The molecule has 1 aromatic carbocycles. The number of hydrogen-bond acceptors (Lipinski definition) is 3. The van der Waals surface area contributed by atoms with Gasteiger partial charge in [0.1, 0.15) is 0 Å². The summed E-state index contributed by atoms with van der Waals surface area (Å²) in [6.07, 6.45) is 1.34. The van der Waals surface area contributed by atoms with Gasteiger partial charge in [-0.3, -0.25) is 4.72 Å². The van der Waals surface area contributed by atoms with Crippen LogP contribution < -0.4 is 4.72 Å². The van der Waals surface area contributed by atoms with Gasteiger partial charge < -0.3 is 4.74 Å². The molecule has 2 rings (SSSR count). The zero-order chi connectivity index (χ0) is 9.10. The molecule has 1 saturated heterocycles. The molecular formula is C10H13NOS. The van der Waals surface area contributed by atoms with Crippen LogP contribution in [-0.4, -0.2) is 18.8 Å². The monoisotopic (exact) mass is 195 g/mol. The van der Waals surface area contributed by atoms with E-state index in [-0.39, 0.29) is 0 Å².